The second-order valence-corrected chi connectivity index (χ2v) is 15.0. The first-order valence-electron chi connectivity index (χ1n) is 18.1. The molecule has 0 unspecified atom stereocenters. The Morgan fingerprint density at radius 1 is 0.434 bits per heavy atom. The van der Waals surface area contributed by atoms with Crippen molar-refractivity contribution in [1.82, 2.24) is 14.1 Å². The number of fused-ring (bicyclic) bond motifs is 13. The van der Waals surface area contributed by atoms with E-state index < -0.39 is 0 Å². The van der Waals surface area contributed by atoms with Crippen LogP contribution in [0.15, 0.2) is 176 Å². The van der Waals surface area contributed by atoms with Gasteiger partial charge >= 0.3 is 0 Å². The number of aromatic nitrogens is 3. The number of pyridine rings is 1. The summed E-state index contributed by atoms with van der Waals surface area (Å²) < 4.78 is 7.50. The van der Waals surface area contributed by atoms with Gasteiger partial charge in [-0.1, -0.05) is 127 Å². The van der Waals surface area contributed by atoms with Gasteiger partial charge in [-0.15, -0.1) is 11.3 Å². The maximum atomic E-state index is 5.36. The van der Waals surface area contributed by atoms with Gasteiger partial charge in [-0.05, 0) is 70.4 Å². The van der Waals surface area contributed by atoms with Gasteiger partial charge in [0.25, 0.3) is 0 Å². The third kappa shape index (κ3) is 4.07. The predicted octanol–water partition coefficient (Wildman–Crippen LogP) is 13.6. The van der Waals surface area contributed by atoms with Crippen LogP contribution in [0.1, 0.15) is 0 Å². The lowest BCUT2D eigenvalue weighted by Gasteiger charge is -2.13. The second kappa shape index (κ2) is 10.9. The van der Waals surface area contributed by atoms with E-state index >= 15 is 0 Å². The monoisotopic (exact) mass is 691 g/mol. The smallest absolute Gasteiger partial charge is 0.138 e. The molecule has 0 aliphatic rings. The van der Waals surface area contributed by atoms with Crippen molar-refractivity contribution in [3.63, 3.8) is 0 Å². The zero-order valence-electron chi connectivity index (χ0n) is 28.5. The van der Waals surface area contributed by atoms with Crippen LogP contribution in [0.5, 0.6) is 0 Å². The Balaban J connectivity index is 1.24. The minimum absolute atomic E-state index is 0.911. The van der Waals surface area contributed by atoms with Gasteiger partial charge in [0.1, 0.15) is 5.82 Å². The molecular formula is C49H29N3S. The third-order valence-electron chi connectivity index (χ3n) is 11.1. The Labute approximate surface area is 308 Å². The molecule has 0 N–H and O–H groups in total. The minimum Gasteiger partial charge on any atom is -0.308 e. The van der Waals surface area contributed by atoms with Gasteiger partial charge in [-0.25, -0.2) is 4.98 Å². The quantitative estimate of drug-likeness (QED) is 0.181. The van der Waals surface area contributed by atoms with Gasteiger partial charge in [0.05, 0.1) is 32.3 Å². The fraction of sp³-hybridized carbons (Fsp3) is 0. The van der Waals surface area contributed by atoms with Crippen molar-refractivity contribution >= 4 is 96.8 Å². The molecule has 246 valence electrons. The highest BCUT2D eigenvalue weighted by molar-refractivity contribution is 7.26. The summed E-state index contributed by atoms with van der Waals surface area (Å²) in [5.74, 6) is 0.911. The van der Waals surface area contributed by atoms with Gasteiger partial charge in [0.15, 0.2) is 0 Å². The average molecular weight is 692 g/mol. The zero-order chi connectivity index (χ0) is 34.6. The van der Waals surface area contributed by atoms with E-state index in [1.54, 1.807) is 0 Å². The molecule has 4 heterocycles. The number of para-hydroxylation sites is 3. The van der Waals surface area contributed by atoms with Crippen LogP contribution in [0.3, 0.4) is 0 Å². The second-order valence-electron chi connectivity index (χ2n) is 13.9. The Morgan fingerprint density at radius 3 is 1.98 bits per heavy atom. The normalized spacial score (nSPS) is 12.2. The summed E-state index contributed by atoms with van der Waals surface area (Å²) in [4.78, 5) is 5.36. The SMILES string of the molecule is c1ccc(-c2cc(-n3c4ccccc4c4cc5c6ccc7c(sc8ccc9ccccc9c87)c6n(-c6ccccc6)c5cc43)nc3ccccc23)cc1. The molecule has 0 radical (unpaired) electrons. The summed E-state index contributed by atoms with van der Waals surface area (Å²) in [6.45, 7) is 0. The Morgan fingerprint density at radius 2 is 1.11 bits per heavy atom. The van der Waals surface area contributed by atoms with Crippen LogP contribution in [0.2, 0.25) is 0 Å². The topological polar surface area (TPSA) is 22.8 Å². The van der Waals surface area contributed by atoms with Crippen LogP contribution in [0.25, 0.3) is 108 Å². The maximum absolute atomic E-state index is 5.36. The fourth-order valence-electron chi connectivity index (χ4n) is 8.78. The molecule has 0 saturated carbocycles. The molecule has 0 spiro atoms. The van der Waals surface area contributed by atoms with Gasteiger partial charge in [-0.2, -0.15) is 0 Å². The van der Waals surface area contributed by atoms with Gasteiger partial charge in [0.2, 0.25) is 0 Å². The lowest BCUT2D eigenvalue weighted by Crippen LogP contribution is -2.00. The van der Waals surface area contributed by atoms with E-state index in [1.807, 2.05) is 11.3 Å². The molecule has 0 atom stereocenters. The summed E-state index contributed by atoms with van der Waals surface area (Å²) >= 11 is 1.90. The largest absolute Gasteiger partial charge is 0.308 e. The van der Waals surface area contributed by atoms with Crippen molar-refractivity contribution in [2.24, 2.45) is 0 Å². The Kier molecular flexibility index (Phi) is 5.93. The van der Waals surface area contributed by atoms with Crippen molar-refractivity contribution in [1.29, 1.82) is 0 Å². The first-order chi connectivity index (χ1) is 26.3. The average Bonchev–Trinajstić information content (AvgIpc) is 3.88. The van der Waals surface area contributed by atoms with Crippen molar-refractivity contribution in [2.45, 2.75) is 0 Å². The summed E-state index contributed by atoms with van der Waals surface area (Å²) in [6.07, 6.45) is 0. The molecule has 0 saturated heterocycles. The Bertz CT molecular complexity index is 3440. The first kappa shape index (κ1) is 28.9. The number of hydrogen-bond donors (Lipinski definition) is 0. The number of nitrogens with zero attached hydrogens (tertiary/aromatic N) is 3. The molecule has 0 aliphatic heterocycles. The van der Waals surface area contributed by atoms with Crippen LogP contribution in [0, 0.1) is 0 Å². The lowest BCUT2D eigenvalue weighted by atomic mass is 10.0. The highest BCUT2D eigenvalue weighted by Gasteiger charge is 2.22. The number of thiophene rings is 1. The van der Waals surface area contributed by atoms with Crippen LogP contribution in [-0.2, 0) is 0 Å². The number of benzene rings is 8. The molecule has 0 amide bonds. The van der Waals surface area contributed by atoms with Gasteiger partial charge in [-0.3, -0.25) is 4.57 Å². The van der Waals surface area contributed by atoms with E-state index in [0.717, 1.165) is 33.4 Å². The molecule has 4 aromatic heterocycles. The molecular weight excluding hydrogens is 663 g/mol. The molecule has 8 aromatic carbocycles. The van der Waals surface area contributed by atoms with Crippen LogP contribution in [0.4, 0.5) is 0 Å². The van der Waals surface area contributed by atoms with Gasteiger partial charge < -0.3 is 4.57 Å². The molecule has 4 heteroatoms. The third-order valence-corrected chi connectivity index (χ3v) is 12.3. The van der Waals surface area contributed by atoms with Crippen LogP contribution < -0.4 is 0 Å². The van der Waals surface area contributed by atoms with Gasteiger partial charge in [0, 0.05) is 48.1 Å². The fourth-order valence-corrected chi connectivity index (χ4v) is 10.0. The molecule has 0 fully saturated rings. The molecule has 12 aromatic rings. The summed E-state index contributed by atoms with van der Waals surface area (Å²) in [5.41, 5.74) is 9.21. The summed E-state index contributed by atoms with van der Waals surface area (Å²) in [6, 6.07) is 64.0. The predicted molar refractivity (Wildman–Crippen MR) is 226 cm³/mol. The molecule has 12 rings (SSSR count). The number of hydrogen-bond acceptors (Lipinski definition) is 2. The molecule has 0 bridgehead atoms. The van der Waals surface area contributed by atoms with E-state index in [9.17, 15) is 0 Å². The van der Waals surface area contributed by atoms with Crippen molar-refractivity contribution in [3.8, 4) is 22.6 Å². The van der Waals surface area contributed by atoms with E-state index in [2.05, 4.69) is 185 Å². The van der Waals surface area contributed by atoms with E-state index in [1.165, 1.54) is 74.6 Å². The first-order valence-corrected chi connectivity index (χ1v) is 18.9. The van der Waals surface area contributed by atoms with E-state index in [4.69, 9.17) is 4.98 Å². The molecule has 3 nitrogen and oxygen atoms in total. The van der Waals surface area contributed by atoms with Crippen LogP contribution in [-0.4, -0.2) is 14.1 Å². The lowest BCUT2D eigenvalue weighted by molar-refractivity contribution is 1.10. The minimum atomic E-state index is 0.911. The zero-order valence-corrected chi connectivity index (χ0v) is 29.3. The molecule has 0 aliphatic carbocycles. The number of rotatable bonds is 3. The van der Waals surface area contributed by atoms with Crippen molar-refractivity contribution in [3.05, 3.63) is 176 Å². The standard InChI is InChI=1S/C49H29N3S/c1-3-13-30(14-4-1)38-28-46(50-41-21-11-9-19-34(38)41)52-42-22-12-10-20-35(42)39-27-40-36-24-25-37-47-33-18-8-7-15-31(33)23-26-45(47)53-49(37)48(36)51(43(40)29-44(39)52)32-16-5-2-6-17-32/h1-29H. The maximum Gasteiger partial charge on any atom is 0.138 e. The van der Waals surface area contributed by atoms with Crippen molar-refractivity contribution < 1.29 is 0 Å². The van der Waals surface area contributed by atoms with E-state index in [-0.39, 0.29) is 0 Å². The van der Waals surface area contributed by atoms with E-state index in [0.29, 0.717) is 0 Å². The van der Waals surface area contributed by atoms with Crippen LogP contribution >= 0.6 is 11.3 Å². The van der Waals surface area contributed by atoms with Crippen molar-refractivity contribution in [2.75, 3.05) is 0 Å². The highest BCUT2D eigenvalue weighted by atomic mass is 32.1. The molecule has 53 heavy (non-hydrogen) atoms. The Hall–Kier alpha value is -6.75. The highest BCUT2D eigenvalue weighted by Crippen LogP contribution is 2.46. The summed E-state index contributed by atoms with van der Waals surface area (Å²) in [7, 11) is 0. The summed E-state index contributed by atoms with van der Waals surface area (Å²) in [5, 5.41) is 11.3.